The maximum atomic E-state index is 6.04. The first-order chi connectivity index (χ1) is 16.1. The number of hydrogen-bond donors (Lipinski definition) is 0. The number of methoxy groups -OCH3 is 1. The fourth-order valence-electron chi connectivity index (χ4n) is 4.07. The molecule has 0 spiro atoms. The van der Waals surface area contributed by atoms with E-state index in [-0.39, 0.29) is 6.79 Å². The molecule has 4 rings (SSSR count). The van der Waals surface area contributed by atoms with Crippen LogP contribution in [0.5, 0.6) is 5.75 Å². The second kappa shape index (κ2) is 11.1. The van der Waals surface area contributed by atoms with E-state index in [1.165, 1.54) is 37.6 Å². The van der Waals surface area contributed by atoms with Crippen LogP contribution in [0, 0.1) is 20.8 Å². The zero-order chi connectivity index (χ0) is 23.2. The fourth-order valence-corrected chi connectivity index (χ4v) is 8.45. The van der Waals surface area contributed by atoms with E-state index >= 15 is 0 Å². The van der Waals surface area contributed by atoms with Crippen molar-refractivity contribution < 1.29 is 9.47 Å². The number of rotatable bonds is 8. The van der Waals surface area contributed by atoms with Gasteiger partial charge in [0.2, 0.25) is 0 Å². The molecule has 4 aromatic carbocycles. The Hall–Kier alpha value is -2.50. The van der Waals surface area contributed by atoms with Crippen molar-refractivity contribution in [3.8, 4) is 5.75 Å². The molecule has 0 bridgehead atoms. The van der Waals surface area contributed by atoms with Gasteiger partial charge in [0.05, 0.1) is 0 Å². The Morgan fingerprint density at radius 3 is 1.97 bits per heavy atom. The second-order valence-electron chi connectivity index (χ2n) is 8.11. The standard InChI is InChI=1S/C29H30O2P2/c1-21-18-23(3)28(31-20-30-4)26(19-21)32-29-22(2)12-11-17-27(29)33(24-13-7-5-8-14-24)25-15-9-6-10-16-25/h5-19,32H,20H2,1-4H3. The van der Waals surface area contributed by atoms with Gasteiger partial charge in [-0.05, 0) is 72.7 Å². The highest BCUT2D eigenvalue weighted by Crippen LogP contribution is 2.35. The molecule has 0 aromatic heterocycles. The van der Waals surface area contributed by atoms with E-state index in [4.69, 9.17) is 9.47 Å². The summed E-state index contributed by atoms with van der Waals surface area (Å²) in [5.74, 6) is 0.943. The van der Waals surface area contributed by atoms with E-state index in [2.05, 4.69) is 112 Å². The van der Waals surface area contributed by atoms with Crippen molar-refractivity contribution in [2.45, 2.75) is 20.8 Å². The van der Waals surface area contributed by atoms with Gasteiger partial charge in [-0.25, -0.2) is 0 Å². The lowest BCUT2D eigenvalue weighted by Crippen LogP contribution is -2.31. The van der Waals surface area contributed by atoms with E-state index in [1.54, 1.807) is 7.11 Å². The lowest BCUT2D eigenvalue weighted by Gasteiger charge is -2.24. The second-order valence-corrected chi connectivity index (χ2v) is 11.6. The molecular formula is C29H30O2P2. The van der Waals surface area contributed by atoms with Gasteiger partial charge in [0, 0.05) is 12.4 Å². The summed E-state index contributed by atoms with van der Waals surface area (Å²) in [6.45, 7) is 6.75. The molecule has 0 amide bonds. The SMILES string of the molecule is COCOc1c(C)cc(C)cc1Pc1c(C)cccc1P(c1ccccc1)c1ccccc1. The van der Waals surface area contributed by atoms with Crippen LogP contribution in [0.3, 0.4) is 0 Å². The lowest BCUT2D eigenvalue weighted by atomic mass is 10.1. The minimum absolute atomic E-state index is 0.253. The van der Waals surface area contributed by atoms with E-state index in [0.29, 0.717) is 8.58 Å². The summed E-state index contributed by atoms with van der Waals surface area (Å²) in [7, 11) is 1.49. The first-order valence-corrected chi connectivity index (χ1v) is 13.4. The van der Waals surface area contributed by atoms with Crippen molar-refractivity contribution in [2.75, 3.05) is 13.9 Å². The summed E-state index contributed by atoms with van der Waals surface area (Å²) in [6.07, 6.45) is 0. The summed E-state index contributed by atoms with van der Waals surface area (Å²) < 4.78 is 11.3. The third kappa shape index (κ3) is 5.53. The number of ether oxygens (including phenoxy) is 2. The Balaban J connectivity index is 1.86. The Labute approximate surface area is 200 Å². The van der Waals surface area contributed by atoms with Gasteiger partial charge in [-0.2, -0.15) is 0 Å². The van der Waals surface area contributed by atoms with Crippen molar-refractivity contribution >= 4 is 43.0 Å². The molecule has 1 atom stereocenters. The first kappa shape index (κ1) is 23.7. The predicted octanol–water partition coefficient (Wildman–Crippen LogP) is 4.98. The Morgan fingerprint density at radius 2 is 1.36 bits per heavy atom. The van der Waals surface area contributed by atoms with E-state index in [0.717, 1.165) is 11.3 Å². The third-order valence-electron chi connectivity index (χ3n) is 5.52. The van der Waals surface area contributed by atoms with Crippen LogP contribution in [0.2, 0.25) is 0 Å². The number of hydrogen-bond acceptors (Lipinski definition) is 2. The predicted molar refractivity (Wildman–Crippen MR) is 146 cm³/mol. The van der Waals surface area contributed by atoms with Gasteiger partial charge in [0.1, 0.15) is 5.75 Å². The van der Waals surface area contributed by atoms with Crippen LogP contribution in [-0.2, 0) is 4.74 Å². The summed E-state index contributed by atoms with van der Waals surface area (Å²) >= 11 is 0. The molecule has 0 heterocycles. The maximum absolute atomic E-state index is 6.04. The van der Waals surface area contributed by atoms with E-state index in [9.17, 15) is 0 Å². The summed E-state index contributed by atoms with van der Waals surface area (Å²) in [5, 5.41) is 6.79. The molecule has 0 aliphatic rings. The van der Waals surface area contributed by atoms with Gasteiger partial charge in [-0.1, -0.05) is 93.5 Å². The van der Waals surface area contributed by atoms with Crippen LogP contribution in [0.1, 0.15) is 16.7 Å². The number of aryl methyl sites for hydroxylation is 3. The van der Waals surface area contributed by atoms with Crippen LogP contribution < -0.4 is 31.3 Å². The molecule has 4 heteroatoms. The molecule has 0 radical (unpaired) electrons. The zero-order valence-corrected chi connectivity index (χ0v) is 21.5. The van der Waals surface area contributed by atoms with Crippen LogP contribution >= 0.6 is 16.5 Å². The largest absolute Gasteiger partial charge is 0.467 e. The molecule has 0 aliphatic heterocycles. The molecule has 0 fully saturated rings. The van der Waals surface area contributed by atoms with Crippen molar-refractivity contribution in [3.63, 3.8) is 0 Å². The van der Waals surface area contributed by atoms with Crippen molar-refractivity contribution in [1.29, 1.82) is 0 Å². The molecule has 1 unspecified atom stereocenters. The average molecular weight is 473 g/mol. The van der Waals surface area contributed by atoms with Gasteiger partial charge in [-0.3, -0.25) is 0 Å². The highest BCUT2D eigenvalue weighted by atomic mass is 31.1. The highest BCUT2D eigenvalue weighted by Gasteiger charge is 2.22. The van der Waals surface area contributed by atoms with Gasteiger partial charge >= 0.3 is 0 Å². The van der Waals surface area contributed by atoms with Gasteiger partial charge in [0.25, 0.3) is 0 Å². The molecule has 0 aliphatic carbocycles. The monoisotopic (exact) mass is 472 g/mol. The van der Waals surface area contributed by atoms with Gasteiger partial charge in [-0.15, -0.1) is 0 Å². The first-order valence-electron chi connectivity index (χ1n) is 11.1. The van der Waals surface area contributed by atoms with E-state index in [1.807, 2.05) is 0 Å². The molecule has 0 saturated carbocycles. The van der Waals surface area contributed by atoms with E-state index < -0.39 is 7.92 Å². The Kier molecular flexibility index (Phi) is 7.94. The molecular weight excluding hydrogens is 442 g/mol. The smallest absolute Gasteiger partial charge is 0.188 e. The molecule has 168 valence electrons. The number of benzene rings is 4. The molecule has 2 nitrogen and oxygen atoms in total. The molecule has 4 aromatic rings. The average Bonchev–Trinajstić information content (AvgIpc) is 2.82. The summed E-state index contributed by atoms with van der Waals surface area (Å²) in [5.41, 5.74) is 3.73. The van der Waals surface area contributed by atoms with Crippen LogP contribution in [0.4, 0.5) is 0 Å². The maximum Gasteiger partial charge on any atom is 0.188 e. The van der Waals surface area contributed by atoms with Gasteiger partial charge < -0.3 is 9.47 Å². The minimum atomic E-state index is -0.674. The Bertz CT molecular complexity index is 1170. The third-order valence-corrected chi connectivity index (χ3v) is 9.77. The topological polar surface area (TPSA) is 18.5 Å². The zero-order valence-electron chi connectivity index (χ0n) is 19.6. The fraction of sp³-hybridized carbons (Fsp3) is 0.172. The summed E-state index contributed by atoms with van der Waals surface area (Å²) in [6, 6.07) is 33.0. The molecule has 0 N–H and O–H groups in total. The van der Waals surface area contributed by atoms with Crippen molar-refractivity contribution in [1.82, 2.24) is 0 Å². The van der Waals surface area contributed by atoms with Gasteiger partial charge in [0.15, 0.2) is 6.79 Å². The normalized spacial score (nSPS) is 11.4. The van der Waals surface area contributed by atoms with Crippen LogP contribution in [0.25, 0.3) is 0 Å². The van der Waals surface area contributed by atoms with Crippen molar-refractivity contribution in [2.24, 2.45) is 0 Å². The molecule has 0 saturated heterocycles. The van der Waals surface area contributed by atoms with Crippen LogP contribution in [-0.4, -0.2) is 13.9 Å². The Morgan fingerprint density at radius 1 is 0.727 bits per heavy atom. The minimum Gasteiger partial charge on any atom is -0.467 e. The quantitative estimate of drug-likeness (QED) is 0.266. The van der Waals surface area contributed by atoms with Crippen LogP contribution in [0.15, 0.2) is 91.0 Å². The summed E-state index contributed by atoms with van der Waals surface area (Å²) in [4.78, 5) is 0. The molecule has 33 heavy (non-hydrogen) atoms. The highest BCUT2D eigenvalue weighted by molar-refractivity contribution is 7.81. The lowest BCUT2D eigenvalue weighted by molar-refractivity contribution is 0.0514. The van der Waals surface area contributed by atoms with Crippen molar-refractivity contribution in [3.05, 3.63) is 108 Å².